The predicted molar refractivity (Wildman–Crippen MR) is 73.2 cm³/mol. The van der Waals surface area contributed by atoms with Gasteiger partial charge in [-0.3, -0.25) is 9.69 Å². The fourth-order valence-electron chi connectivity index (χ4n) is 2.50. The molecule has 0 saturated carbocycles. The number of carboxylic acids is 1. The van der Waals surface area contributed by atoms with Crippen LogP contribution in [-0.2, 0) is 9.53 Å². The molecule has 0 bridgehead atoms. The van der Waals surface area contributed by atoms with Crippen molar-refractivity contribution in [2.24, 2.45) is 0 Å². The standard InChI is InChI=1S/C15H21NO3/c1-12-5-2-3-6-13(12)14-11-16(9-10-19-14)8-4-7-15(17)18/h2-3,5-6,14H,4,7-11H2,1H3,(H,17,18)/t14-/m0/s1. The fourth-order valence-corrected chi connectivity index (χ4v) is 2.50. The Morgan fingerprint density at radius 2 is 2.26 bits per heavy atom. The van der Waals surface area contributed by atoms with E-state index in [-0.39, 0.29) is 12.5 Å². The first kappa shape index (κ1) is 14.0. The molecule has 1 aliphatic rings. The van der Waals surface area contributed by atoms with Gasteiger partial charge >= 0.3 is 5.97 Å². The molecule has 4 heteroatoms. The van der Waals surface area contributed by atoms with Crippen molar-refractivity contribution in [3.63, 3.8) is 0 Å². The molecule has 0 spiro atoms. The maximum absolute atomic E-state index is 10.5. The maximum atomic E-state index is 10.5. The van der Waals surface area contributed by atoms with E-state index in [4.69, 9.17) is 9.84 Å². The number of hydrogen-bond donors (Lipinski definition) is 1. The SMILES string of the molecule is Cc1ccccc1[C@@H]1CN(CCCC(=O)O)CCO1. The number of carbonyl (C=O) groups is 1. The number of ether oxygens (including phenoxy) is 1. The van der Waals surface area contributed by atoms with Crippen LogP contribution in [0.25, 0.3) is 0 Å². The van der Waals surface area contributed by atoms with Gasteiger partial charge in [0, 0.05) is 19.5 Å². The molecular formula is C15H21NO3. The van der Waals surface area contributed by atoms with Crippen molar-refractivity contribution < 1.29 is 14.6 Å². The molecule has 0 radical (unpaired) electrons. The van der Waals surface area contributed by atoms with Crippen molar-refractivity contribution in [2.75, 3.05) is 26.2 Å². The van der Waals surface area contributed by atoms with Gasteiger partial charge in [0.05, 0.1) is 12.7 Å². The van der Waals surface area contributed by atoms with E-state index in [9.17, 15) is 4.79 Å². The van der Waals surface area contributed by atoms with Gasteiger partial charge in [0.2, 0.25) is 0 Å². The van der Waals surface area contributed by atoms with E-state index >= 15 is 0 Å². The summed E-state index contributed by atoms with van der Waals surface area (Å²) >= 11 is 0. The molecule has 19 heavy (non-hydrogen) atoms. The summed E-state index contributed by atoms with van der Waals surface area (Å²) in [5, 5.41) is 8.67. The van der Waals surface area contributed by atoms with Gasteiger partial charge in [0.1, 0.15) is 0 Å². The van der Waals surface area contributed by atoms with Crippen LogP contribution in [-0.4, -0.2) is 42.2 Å². The molecule has 2 rings (SSSR count). The Hall–Kier alpha value is -1.39. The lowest BCUT2D eigenvalue weighted by Crippen LogP contribution is -2.39. The van der Waals surface area contributed by atoms with Crippen LogP contribution in [0.5, 0.6) is 0 Å². The molecule has 0 amide bonds. The summed E-state index contributed by atoms with van der Waals surface area (Å²) in [5.41, 5.74) is 2.49. The van der Waals surface area contributed by atoms with Crippen molar-refractivity contribution in [1.82, 2.24) is 4.90 Å². The number of benzene rings is 1. The molecule has 1 saturated heterocycles. The van der Waals surface area contributed by atoms with E-state index in [2.05, 4.69) is 24.0 Å². The number of hydrogen-bond acceptors (Lipinski definition) is 3. The highest BCUT2D eigenvalue weighted by Crippen LogP contribution is 2.24. The van der Waals surface area contributed by atoms with Gasteiger partial charge in [-0.25, -0.2) is 0 Å². The Morgan fingerprint density at radius 1 is 1.47 bits per heavy atom. The minimum absolute atomic E-state index is 0.111. The topological polar surface area (TPSA) is 49.8 Å². The zero-order chi connectivity index (χ0) is 13.7. The smallest absolute Gasteiger partial charge is 0.303 e. The molecule has 0 aromatic heterocycles. The van der Waals surface area contributed by atoms with Crippen LogP contribution >= 0.6 is 0 Å². The molecule has 4 nitrogen and oxygen atoms in total. The normalized spacial score (nSPS) is 20.4. The van der Waals surface area contributed by atoms with Crippen LogP contribution in [0.15, 0.2) is 24.3 Å². The number of morpholine rings is 1. The first-order valence-corrected chi connectivity index (χ1v) is 6.78. The van der Waals surface area contributed by atoms with Gasteiger partial charge < -0.3 is 9.84 Å². The molecule has 1 aromatic carbocycles. The van der Waals surface area contributed by atoms with Gasteiger partial charge in [-0.1, -0.05) is 24.3 Å². The molecule has 1 fully saturated rings. The van der Waals surface area contributed by atoms with Gasteiger partial charge in [0.25, 0.3) is 0 Å². The summed E-state index contributed by atoms with van der Waals surface area (Å²) in [6.45, 7) is 5.39. The minimum atomic E-state index is -0.719. The van der Waals surface area contributed by atoms with E-state index in [1.54, 1.807) is 0 Å². The summed E-state index contributed by atoms with van der Waals surface area (Å²) < 4.78 is 5.84. The number of aliphatic carboxylic acids is 1. The van der Waals surface area contributed by atoms with E-state index in [0.29, 0.717) is 13.0 Å². The average molecular weight is 263 g/mol. The van der Waals surface area contributed by atoms with Gasteiger partial charge in [-0.15, -0.1) is 0 Å². The Bertz CT molecular complexity index is 433. The van der Waals surface area contributed by atoms with Crippen molar-refractivity contribution in [2.45, 2.75) is 25.9 Å². The summed E-state index contributed by atoms with van der Waals surface area (Å²) in [4.78, 5) is 12.8. The maximum Gasteiger partial charge on any atom is 0.303 e. The predicted octanol–water partition coefficient (Wildman–Crippen LogP) is 2.23. The van der Waals surface area contributed by atoms with Crippen LogP contribution in [0.3, 0.4) is 0 Å². The van der Waals surface area contributed by atoms with Gasteiger partial charge in [-0.05, 0) is 31.0 Å². The number of aryl methyl sites for hydroxylation is 1. The first-order valence-electron chi connectivity index (χ1n) is 6.78. The third-order valence-electron chi connectivity index (χ3n) is 3.55. The second kappa shape index (κ2) is 6.68. The van der Waals surface area contributed by atoms with Gasteiger partial charge in [0.15, 0.2) is 0 Å². The number of nitrogens with zero attached hydrogens (tertiary/aromatic N) is 1. The lowest BCUT2D eigenvalue weighted by atomic mass is 10.0. The molecule has 1 N–H and O–H groups in total. The summed E-state index contributed by atoms with van der Waals surface area (Å²) in [6, 6.07) is 8.28. The first-order chi connectivity index (χ1) is 9.16. The molecule has 0 aliphatic carbocycles. The Kier molecular flexibility index (Phi) is 4.93. The Morgan fingerprint density at radius 3 is 3.00 bits per heavy atom. The highest BCUT2D eigenvalue weighted by Gasteiger charge is 2.22. The summed E-state index contributed by atoms with van der Waals surface area (Å²) in [5.74, 6) is -0.719. The van der Waals surface area contributed by atoms with Crippen LogP contribution in [0.2, 0.25) is 0 Å². The van der Waals surface area contributed by atoms with E-state index < -0.39 is 5.97 Å². The fraction of sp³-hybridized carbons (Fsp3) is 0.533. The largest absolute Gasteiger partial charge is 0.481 e. The van der Waals surface area contributed by atoms with Crippen molar-refractivity contribution >= 4 is 5.97 Å². The second-order valence-corrected chi connectivity index (χ2v) is 5.01. The van der Waals surface area contributed by atoms with E-state index in [1.807, 2.05) is 12.1 Å². The van der Waals surface area contributed by atoms with Crippen LogP contribution in [0.1, 0.15) is 30.1 Å². The van der Waals surface area contributed by atoms with Crippen molar-refractivity contribution in [1.29, 1.82) is 0 Å². The molecular weight excluding hydrogens is 242 g/mol. The van der Waals surface area contributed by atoms with E-state index in [0.717, 1.165) is 19.6 Å². The second-order valence-electron chi connectivity index (χ2n) is 5.01. The minimum Gasteiger partial charge on any atom is -0.481 e. The van der Waals surface area contributed by atoms with Crippen molar-refractivity contribution in [3.05, 3.63) is 35.4 Å². The number of carboxylic acid groups (broad SMARTS) is 1. The molecule has 1 aromatic rings. The van der Waals surface area contributed by atoms with Crippen molar-refractivity contribution in [3.8, 4) is 0 Å². The molecule has 1 atom stereocenters. The monoisotopic (exact) mass is 263 g/mol. The summed E-state index contributed by atoms with van der Waals surface area (Å²) in [6.07, 6.45) is 1.06. The van der Waals surface area contributed by atoms with Crippen LogP contribution < -0.4 is 0 Å². The summed E-state index contributed by atoms with van der Waals surface area (Å²) in [7, 11) is 0. The van der Waals surface area contributed by atoms with E-state index in [1.165, 1.54) is 11.1 Å². The van der Waals surface area contributed by atoms with Crippen LogP contribution in [0.4, 0.5) is 0 Å². The highest BCUT2D eigenvalue weighted by atomic mass is 16.5. The molecule has 1 heterocycles. The molecule has 0 unspecified atom stereocenters. The molecule has 1 aliphatic heterocycles. The molecule has 104 valence electrons. The zero-order valence-corrected chi connectivity index (χ0v) is 11.3. The third kappa shape index (κ3) is 4.04. The highest BCUT2D eigenvalue weighted by molar-refractivity contribution is 5.66. The number of rotatable bonds is 5. The lowest BCUT2D eigenvalue weighted by molar-refractivity contribution is -0.137. The van der Waals surface area contributed by atoms with Gasteiger partial charge in [-0.2, -0.15) is 0 Å². The Balaban J connectivity index is 1.90. The quantitative estimate of drug-likeness (QED) is 0.885. The zero-order valence-electron chi connectivity index (χ0n) is 11.3. The van der Waals surface area contributed by atoms with Crippen LogP contribution in [0, 0.1) is 6.92 Å². The third-order valence-corrected chi connectivity index (χ3v) is 3.55. The average Bonchev–Trinajstić information content (AvgIpc) is 2.39. The Labute approximate surface area is 114 Å². The lowest BCUT2D eigenvalue weighted by Gasteiger charge is -2.33.